The van der Waals surface area contributed by atoms with Crippen molar-refractivity contribution in [2.75, 3.05) is 12.3 Å². The van der Waals surface area contributed by atoms with Crippen LogP contribution < -0.4 is 32.8 Å². The summed E-state index contributed by atoms with van der Waals surface area (Å²) in [5, 5.41) is 4.93. The number of carbonyl (C=O) groups excluding carboxylic acids is 3. The first kappa shape index (κ1) is 25.8. The number of hydrogen-bond donors (Lipinski definition) is 6. The summed E-state index contributed by atoms with van der Waals surface area (Å²) in [6.07, 6.45) is 1.66. The zero-order chi connectivity index (χ0) is 21.9. The standard InChI is InChI=1S/C15H30N6O6S/c1-9(2)6-12(21-13(23)11(16)8-28(25,26)27)14(24)20-10(7-22)4-3-5-19-15(17)18/h7,9-12H,3-6,8,16H2,1-2H3,(H,20,24)(H,21,23)(H4,17,18,19)(H,25,26,27)/p+1. The maximum absolute atomic E-state index is 12.5. The summed E-state index contributed by atoms with van der Waals surface area (Å²) in [6.45, 7) is 4.07. The maximum atomic E-state index is 12.5. The Labute approximate surface area is 164 Å². The topological polar surface area (TPSA) is 226 Å². The van der Waals surface area contributed by atoms with E-state index in [1.807, 2.05) is 13.8 Å². The summed E-state index contributed by atoms with van der Waals surface area (Å²) in [5.41, 5.74) is 13.9. The van der Waals surface area contributed by atoms with Crippen molar-refractivity contribution in [3.8, 4) is 0 Å². The van der Waals surface area contributed by atoms with Crippen LogP contribution >= 0.6 is 0 Å². The van der Waals surface area contributed by atoms with Gasteiger partial charge in [-0.15, -0.1) is 0 Å². The van der Waals surface area contributed by atoms with Crippen LogP contribution in [0.3, 0.4) is 0 Å². The molecule has 0 aromatic heterocycles. The largest absolute Gasteiger partial charge is 0.748 e. The lowest BCUT2D eigenvalue weighted by Gasteiger charge is -2.23. The van der Waals surface area contributed by atoms with Gasteiger partial charge >= 0.3 is 5.96 Å². The molecule has 28 heavy (non-hydrogen) atoms. The Kier molecular flexibility index (Phi) is 11.3. The van der Waals surface area contributed by atoms with Crippen LogP contribution in [0.4, 0.5) is 0 Å². The van der Waals surface area contributed by atoms with Crippen LogP contribution in [0.5, 0.6) is 0 Å². The van der Waals surface area contributed by atoms with Crippen LogP contribution in [0.1, 0.15) is 33.1 Å². The van der Waals surface area contributed by atoms with Gasteiger partial charge < -0.3 is 25.7 Å². The first-order valence-corrected chi connectivity index (χ1v) is 10.4. The quantitative estimate of drug-likeness (QED) is 0.0549. The van der Waals surface area contributed by atoms with Crippen LogP contribution in [-0.2, 0) is 24.5 Å². The molecular formula is C15H31N6O6S+. The van der Waals surface area contributed by atoms with Crippen molar-refractivity contribution in [2.45, 2.75) is 51.2 Å². The van der Waals surface area contributed by atoms with Crippen molar-refractivity contribution in [1.82, 2.24) is 10.6 Å². The molecule has 162 valence electrons. The third-order valence-electron chi connectivity index (χ3n) is 3.63. The van der Waals surface area contributed by atoms with E-state index in [4.69, 9.17) is 11.5 Å². The van der Waals surface area contributed by atoms with Crippen LogP contribution in [0.15, 0.2) is 0 Å². The molecule has 0 bridgehead atoms. The lowest BCUT2D eigenvalue weighted by molar-refractivity contribution is -0.459. The van der Waals surface area contributed by atoms with Gasteiger partial charge in [-0.05, 0) is 25.2 Å². The predicted octanol–water partition coefficient (Wildman–Crippen LogP) is -5.51. The molecule has 0 fully saturated rings. The monoisotopic (exact) mass is 423 g/mol. The van der Waals surface area contributed by atoms with Crippen LogP contribution in [0.25, 0.3) is 0 Å². The van der Waals surface area contributed by atoms with E-state index in [0.29, 0.717) is 25.7 Å². The van der Waals surface area contributed by atoms with Crippen molar-refractivity contribution in [2.24, 2.45) is 17.4 Å². The number of aldehydes is 1. The second-order valence-electron chi connectivity index (χ2n) is 6.89. The first-order valence-electron chi connectivity index (χ1n) is 8.80. The number of nitrogens with one attached hydrogen (secondary N) is 3. The van der Waals surface area contributed by atoms with Gasteiger partial charge in [-0.3, -0.25) is 26.0 Å². The summed E-state index contributed by atoms with van der Waals surface area (Å²) in [6, 6.07) is -3.13. The molecule has 0 heterocycles. The molecule has 3 atom stereocenters. The highest BCUT2D eigenvalue weighted by Gasteiger charge is 2.28. The van der Waals surface area contributed by atoms with Gasteiger partial charge in [-0.1, -0.05) is 13.8 Å². The Morgan fingerprint density at radius 2 is 1.82 bits per heavy atom. The number of guanidine groups is 1. The fourth-order valence-corrected chi connectivity index (χ4v) is 2.97. The molecule has 0 aromatic rings. The van der Waals surface area contributed by atoms with Crippen molar-refractivity contribution in [1.29, 1.82) is 0 Å². The molecule has 0 rings (SSSR count). The third-order valence-corrected chi connectivity index (χ3v) is 4.44. The van der Waals surface area contributed by atoms with E-state index in [0.717, 1.165) is 0 Å². The second kappa shape index (κ2) is 12.3. The highest BCUT2D eigenvalue weighted by molar-refractivity contribution is 7.85. The van der Waals surface area contributed by atoms with Gasteiger partial charge in [0.2, 0.25) is 5.91 Å². The summed E-state index contributed by atoms with van der Waals surface area (Å²) >= 11 is 0. The van der Waals surface area contributed by atoms with Gasteiger partial charge in [0, 0.05) is 0 Å². The number of rotatable bonds is 13. The zero-order valence-electron chi connectivity index (χ0n) is 16.1. The molecule has 0 aliphatic carbocycles. The normalized spacial score (nSPS) is 14.6. The molecule has 0 radical (unpaired) electrons. The Morgan fingerprint density at radius 1 is 1.21 bits per heavy atom. The van der Waals surface area contributed by atoms with Gasteiger partial charge in [-0.25, -0.2) is 8.42 Å². The Balaban J connectivity index is 4.92. The summed E-state index contributed by atoms with van der Waals surface area (Å²) < 4.78 is 32.3. The molecule has 12 nitrogen and oxygen atoms in total. The van der Waals surface area contributed by atoms with Crippen molar-refractivity contribution in [3.63, 3.8) is 0 Å². The molecule has 3 unspecified atom stereocenters. The van der Waals surface area contributed by atoms with Gasteiger partial charge in [0.1, 0.15) is 22.4 Å². The van der Waals surface area contributed by atoms with Gasteiger partial charge in [0.15, 0.2) is 6.04 Å². The number of nitrogens with two attached hydrogens (primary N) is 2. The fraction of sp³-hybridized carbons (Fsp3) is 0.733. The lowest BCUT2D eigenvalue weighted by atomic mass is 10.0. The number of amides is 2. The van der Waals surface area contributed by atoms with E-state index in [9.17, 15) is 27.4 Å². The van der Waals surface area contributed by atoms with E-state index in [-0.39, 0.29) is 18.3 Å². The SMILES string of the molecule is CC(C)CC(NC(=O)C([NH3+])CS(=O)(=O)[O-])C(=O)NC(C=O)CCC[NH+]=C(N)N. The number of carbonyl (C=O) groups is 3. The van der Waals surface area contributed by atoms with E-state index in [1.54, 1.807) is 0 Å². The van der Waals surface area contributed by atoms with E-state index < -0.39 is 45.8 Å². The van der Waals surface area contributed by atoms with Crippen molar-refractivity contribution < 1.29 is 38.1 Å². The maximum Gasteiger partial charge on any atom is 0.338 e. The Hall–Kier alpha value is -2.25. The highest BCUT2D eigenvalue weighted by atomic mass is 32.2. The molecule has 10 N–H and O–H groups in total. The number of hydrogen-bond acceptors (Lipinski definition) is 6. The average molecular weight is 424 g/mol. The molecule has 0 aliphatic rings. The van der Waals surface area contributed by atoms with Crippen LogP contribution in [0, 0.1) is 5.92 Å². The van der Waals surface area contributed by atoms with Crippen molar-refractivity contribution >= 4 is 34.2 Å². The third kappa shape index (κ3) is 12.2. The van der Waals surface area contributed by atoms with Crippen molar-refractivity contribution in [3.05, 3.63) is 0 Å². The smallest absolute Gasteiger partial charge is 0.338 e. The fourth-order valence-electron chi connectivity index (χ4n) is 2.33. The van der Waals surface area contributed by atoms with Crippen LogP contribution in [-0.4, -0.2) is 67.5 Å². The second-order valence-corrected chi connectivity index (χ2v) is 8.34. The molecule has 13 heteroatoms. The summed E-state index contributed by atoms with van der Waals surface area (Å²) in [5.74, 6) is -2.32. The highest BCUT2D eigenvalue weighted by Crippen LogP contribution is 2.06. The molecular weight excluding hydrogens is 392 g/mol. The molecule has 0 saturated heterocycles. The Morgan fingerprint density at radius 3 is 2.29 bits per heavy atom. The van der Waals surface area contributed by atoms with Crippen LogP contribution in [0.2, 0.25) is 0 Å². The minimum Gasteiger partial charge on any atom is -0.748 e. The molecule has 0 aliphatic heterocycles. The number of quaternary nitrogens is 1. The van der Waals surface area contributed by atoms with E-state index >= 15 is 0 Å². The molecule has 0 aromatic carbocycles. The van der Waals surface area contributed by atoms with E-state index in [1.165, 1.54) is 0 Å². The van der Waals surface area contributed by atoms with Gasteiger partial charge in [-0.2, -0.15) is 0 Å². The minimum atomic E-state index is -4.64. The summed E-state index contributed by atoms with van der Waals surface area (Å²) in [7, 11) is -4.64. The molecule has 0 saturated carbocycles. The van der Waals surface area contributed by atoms with Gasteiger partial charge in [0.05, 0.1) is 18.3 Å². The minimum absolute atomic E-state index is 0.0181. The van der Waals surface area contributed by atoms with E-state index in [2.05, 4.69) is 21.4 Å². The zero-order valence-corrected chi connectivity index (χ0v) is 17.0. The average Bonchev–Trinajstić information content (AvgIpc) is 2.54. The molecule has 0 spiro atoms. The predicted molar refractivity (Wildman–Crippen MR) is 99.1 cm³/mol. The Bertz CT molecular complexity index is 662. The van der Waals surface area contributed by atoms with Gasteiger partial charge in [0.25, 0.3) is 5.91 Å². The first-order chi connectivity index (χ1) is 12.9. The molecule has 2 amide bonds. The lowest BCUT2D eigenvalue weighted by Crippen LogP contribution is -2.78. The summed E-state index contributed by atoms with van der Waals surface area (Å²) in [4.78, 5) is 38.5.